The summed E-state index contributed by atoms with van der Waals surface area (Å²) in [5.41, 5.74) is 5.90. The van der Waals surface area contributed by atoms with Crippen LogP contribution in [0.2, 0.25) is 0 Å². The van der Waals surface area contributed by atoms with Crippen LogP contribution in [0.25, 0.3) is 38.6 Å². The molecular weight excluding hydrogens is 360 g/mol. The van der Waals surface area contributed by atoms with Crippen LogP contribution >= 0.6 is 0 Å². The highest BCUT2D eigenvalue weighted by Crippen LogP contribution is 2.31. The molecule has 0 aliphatic carbocycles. The van der Waals surface area contributed by atoms with Crippen molar-refractivity contribution in [1.82, 2.24) is 9.55 Å². The van der Waals surface area contributed by atoms with Crippen molar-refractivity contribution in [3.63, 3.8) is 0 Å². The van der Waals surface area contributed by atoms with Crippen LogP contribution in [0, 0.1) is 0 Å². The second kappa shape index (κ2) is 6.91. The summed E-state index contributed by atoms with van der Waals surface area (Å²) in [6.07, 6.45) is 1.87. The van der Waals surface area contributed by atoms with Crippen LogP contribution in [-0.2, 0) is 4.74 Å². The van der Waals surface area contributed by atoms with Crippen molar-refractivity contribution in [2.45, 2.75) is 0 Å². The lowest BCUT2D eigenvalue weighted by Gasteiger charge is -2.12. The molecule has 0 fully saturated rings. The number of benzene rings is 4. The molecule has 29 heavy (non-hydrogen) atoms. The number of carbonyl (C=O) groups is 1. The van der Waals surface area contributed by atoms with Gasteiger partial charge in [0.15, 0.2) is 0 Å². The Morgan fingerprint density at radius 3 is 2.52 bits per heavy atom. The summed E-state index contributed by atoms with van der Waals surface area (Å²) in [6.45, 7) is 0. The number of methoxy groups -OCH3 is 1. The first-order valence-electron chi connectivity index (χ1n) is 9.38. The van der Waals surface area contributed by atoms with Gasteiger partial charge in [-0.3, -0.25) is 4.57 Å². The zero-order valence-electron chi connectivity index (χ0n) is 15.9. The summed E-state index contributed by atoms with van der Waals surface area (Å²) < 4.78 is 6.94. The van der Waals surface area contributed by atoms with Crippen LogP contribution in [0.5, 0.6) is 0 Å². The van der Waals surface area contributed by atoms with E-state index >= 15 is 0 Å². The van der Waals surface area contributed by atoms with Gasteiger partial charge in [0.05, 0.1) is 29.4 Å². The molecule has 1 heterocycles. The van der Waals surface area contributed by atoms with Gasteiger partial charge in [0.25, 0.3) is 0 Å². The largest absolute Gasteiger partial charge is 0.465 e. The molecule has 0 bridgehead atoms. The van der Waals surface area contributed by atoms with Gasteiger partial charge in [-0.2, -0.15) is 0 Å². The van der Waals surface area contributed by atoms with Crippen molar-refractivity contribution in [2.75, 3.05) is 7.11 Å². The smallest absolute Gasteiger partial charge is 0.337 e. The van der Waals surface area contributed by atoms with E-state index in [9.17, 15) is 4.79 Å². The number of rotatable bonds is 3. The lowest BCUT2D eigenvalue weighted by Crippen LogP contribution is -2.00. The standard InChI is InChI=1S/C25H18N2O2/c1-29-25(28)20-13-11-17-14-19(12-10-18(17)15-20)21-6-2-4-8-23(21)27-16-26-22-7-3-5-9-24(22)27/h2-16H,1H3. The first-order chi connectivity index (χ1) is 14.2. The minimum absolute atomic E-state index is 0.326. The minimum Gasteiger partial charge on any atom is -0.465 e. The first-order valence-corrected chi connectivity index (χ1v) is 9.38. The molecule has 0 amide bonds. The first kappa shape index (κ1) is 17.2. The topological polar surface area (TPSA) is 44.1 Å². The van der Waals surface area contributed by atoms with E-state index in [0.717, 1.165) is 38.6 Å². The van der Waals surface area contributed by atoms with Gasteiger partial charge in [-0.05, 0) is 52.7 Å². The minimum atomic E-state index is -0.326. The Kier molecular flexibility index (Phi) is 4.10. The summed E-state index contributed by atoms with van der Waals surface area (Å²) in [7, 11) is 1.40. The van der Waals surface area contributed by atoms with E-state index in [1.807, 2.05) is 54.9 Å². The summed E-state index contributed by atoms with van der Waals surface area (Å²) in [4.78, 5) is 16.3. The maximum Gasteiger partial charge on any atom is 0.337 e. The fourth-order valence-corrected chi connectivity index (χ4v) is 3.74. The van der Waals surface area contributed by atoms with Crippen LogP contribution < -0.4 is 0 Å². The predicted octanol–water partition coefficient (Wildman–Crippen LogP) is 5.63. The number of ether oxygens (including phenoxy) is 1. The van der Waals surface area contributed by atoms with Gasteiger partial charge in [-0.1, -0.05) is 48.5 Å². The quantitative estimate of drug-likeness (QED) is 0.382. The van der Waals surface area contributed by atoms with Gasteiger partial charge >= 0.3 is 5.97 Å². The molecule has 0 aliphatic rings. The van der Waals surface area contributed by atoms with Gasteiger partial charge in [-0.25, -0.2) is 9.78 Å². The molecule has 0 radical (unpaired) electrons. The Morgan fingerprint density at radius 1 is 0.862 bits per heavy atom. The molecule has 0 atom stereocenters. The maximum atomic E-state index is 11.8. The van der Waals surface area contributed by atoms with E-state index < -0.39 is 0 Å². The summed E-state index contributed by atoms with van der Waals surface area (Å²) in [6, 6.07) is 28.3. The van der Waals surface area contributed by atoms with Crippen LogP contribution in [0.15, 0.2) is 91.3 Å². The highest BCUT2D eigenvalue weighted by molar-refractivity contribution is 5.97. The van der Waals surface area contributed by atoms with Crippen molar-refractivity contribution in [2.24, 2.45) is 0 Å². The number of aromatic nitrogens is 2. The molecule has 5 aromatic rings. The van der Waals surface area contributed by atoms with Gasteiger partial charge in [-0.15, -0.1) is 0 Å². The molecule has 1 aromatic heterocycles. The number of carbonyl (C=O) groups excluding carboxylic acids is 1. The van der Waals surface area contributed by atoms with Gasteiger partial charge in [0.2, 0.25) is 0 Å². The molecule has 4 nitrogen and oxygen atoms in total. The van der Waals surface area contributed by atoms with Crippen molar-refractivity contribution in [3.05, 3.63) is 96.8 Å². The van der Waals surface area contributed by atoms with E-state index in [2.05, 4.69) is 39.9 Å². The van der Waals surface area contributed by atoms with Crippen molar-refractivity contribution in [1.29, 1.82) is 0 Å². The molecule has 0 N–H and O–H groups in total. The van der Waals surface area contributed by atoms with Gasteiger partial charge in [0.1, 0.15) is 6.33 Å². The normalized spacial score (nSPS) is 11.1. The predicted molar refractivity (Wildman–Crippen MR) is 115 cm³/mol. The second-order valence-corrected chi connectivity index (χ2v) is 6.89. The Balaban J connectivity index is 1.65. The lowest BCUT2D eigenvalue weighted by molar-refractivity contribution is 0.0601. The van der Waals surface area contributed by atoms with Gasteiger partial charge in [0, 0.05) is 5.56 Å². The number of para-hydroxylation sites is 3. The number of nitrogens with zero attached hydrogens (tertiary/aromatic N) is 2. The molecule has 4 heteroatoms. The molecule has 0 unspecified atom stereocenters. The highest BCUT2D eigenvalue weighted by Gasteiger charge is 2.11. The molecule has 5 rings (SSSR count). The Bertz CT molecular complexity index is 1370. The summed E-state index contributed by atoms with van der Waals surface area (Å²) >= 11 is 0. The zero-order valence-corrected chi connectivity index (χ0v) is 15.9. The Hall–Kier alpha value is -3.92. The number of esters is 1. The third-order valence-electron chi connectivity index (χ3n) is 5.19. The molecule has 0 saturated carbocycles. The average Bonchev–Trinajstić information content (AvgIpc) is 3.22. The summed E-state index contributed by atoms with van der Waals surface area (Å²) in [5.74, 6) is -0.326. The zero-order chi connectivity index (χ0) is 19.8. The maximum absolute atomic E-state index is 11.8. The van der Waals surface area contributed by atoms with E-state index in [-0.39, 0.29) is 5.97 Å². The molecule has 0 spiro atoms. The second-order valence-electron chi connectivity index (χ2n) is 6.89. The highest BCUT2D eigenvalue weighted by atomic mass is 16.5. The van der Waals surface area contributed by atoms with Crippen LogP contribution in [0.3, 0.4) is 0 Å². The molecule has 0 saturated heterocycles. The molecular formula is C25H18N2O2. The van der Waals surface area contributed by atoms with Gasteiger partial charge < -0.3 is 4.74 Å². The average molecular weight is 378 g/mol. The molecule has 0 aliphatic heterocycles. The van der Waals surface area contributed by atoms with Crippen LogP contribution in [-0.4, -0.2) is 22.6 Å². The number of imidazole rings is 1. The van der Waals surface area contributed by atoms with Crippen molar-refractivity contribution in [3.8, 4) is 16.8 Å². The van der Waals surface area contributed by atoms with E-state index in [0.29, 0.717) is 5.56 Å². The number of fused-ring (bicyclic) bond motifs is 2. The van der Waals surface area contributed by atoms with Crippen molar-refractivity contribution >= 4 is 27.8 Å². The van der Waals surface area contributed by atoms with E-state index in [1.54, 1.807) is 6.07 Å². The lowest BCUT2D eigenvalue weighted by atomic mass is 9.98. The van der Waals surface area contributed by atoms with Crippen molar-refractivity contribution < 1.29 is 9.53 Å². The third kappa shape index (κ3) is 2.95. The fourth-order valence-electron chi connectivity index (χ4n) is 3.74. The molecule has 4 aromatic carbocycles. The Labute approximate surface area is 168 Å². The van der Waals surface area contributed by atoms with E-state index in [1.165, 1.54) is 7.11 Å². The summed E-state index contributed by atoms with van der Waals surface area (Å²) in [5, 5.41) is 2.07. The van der Waals surface area contributed by atoms with E-state index in [4.69, 9.17) is 4.74 Å². The number of hydrogen-bond acceptors (Lipinski definition) is 3. The SMILES string of the molecule is COC(=O)c1ccc2cc(-c3ccccc3-n3cnc4ccccc43)ccc2c1. The molecule has 140 valence electrons. The fraction of sp³-hybridized carbons (Fsp3) is 0.0400. The number of hydrogen-bond donors (Lipinski definition) is 0. The van der Waals surface area contributed by atoms with Crippen LogP contribution in [0.4, 0.5) is 0 Å². The third-order valence-corrected chi connectivity index (χ3v) is 5.19. The monoisotopic (exact) mass is 378 g/mol. The van der Waals surface area contributed by atoms with Crippen LogP contribution in [0.1, 0.15) is 10.4 Å². The Morgan fingerprint density at radius 2 is 1.62 bits per heavy atom.